The van der Waals surface area contributed by atoms with Crippen LogP contribution in [0.3, 0.4) is 0 Å². The number of rotatable bonds is 12. The van der Waals surface area contributed by atoms with Crippen LogP contribution in [0.4, 0.5) is 13.2 Å². The largest absolute Gasteiger partial charge is 0.599 e. The fourth-order valence-electron chi connectivity index (χ4n) is 3.01. The first-order valence-corrected chi connectivity index (χ1v) is 14.8. The van der Waals surface area contributed by atoms with E-state index >= 15 is 0 Å². The molecule has 2 aromatic carbocycles. The number of hydrogen-bond donors (Lipinski definition) is 0. The average molecular weight is 606 g/mol. The van der Waals surface area contributed by atoms with Crippen molar-refractivity contribution in [1.82, 2.24) is 9.78 Å². The molecule has 0 amide bonds. The molecular formula is C22H20F3N4O7S3-. The van der Waals surface area contributed by atoms with E-state index < -0.39 is 33.1 Å². The van der Waals surface area contributed by atoms with Crippen LogP contribution in [0.2, 0.25) is 0 Å². The summed E-state index contributed by atoms with van der Waals surface area (Å²) in [5.74, 6) is 0.586. The number of sulfonamides is 1. The standard InChI is InChI=1S/C22H21F3N4O7S3/c1-15-2-4-16(5-3-15)19-14-20(22(23,24)25)26-28(19)17-6-8-18(9-7-17)39(33,34)27-21(30)35-10-12-37-38-13-11-36-29(31)32/h2-9,14H,10-13H2,1H3,(H,27,30)/p-1. The predicted molar refractivity (Wildman–Crippen MR) is 137 cm³/mol. The molecule has 0 atom stereocenters. The number of nitrogens with zero attached hydrogens (tertiary/aromatic N) is 4. The Hall–Kier alpha value is -3.44. The second-order valence-electron chi connectivity index (χ2n) is 7.57. The number of halogens is 3. The summed E-state index contributed by atoms with van der Waals surface area (Å²) >= 11 is 0. The van der Waals surface area contributed by atoms with Crippen molar-refractivity contribution in [2.75, 3.05) is 24.7 Å². The van der Waals surface area contributed by atoms with Crippen LogP contribution in [-0.4, -0.2) is 54.1 Å². The van der Waals surface area contributed by atoms with E-state index in [1.54, 1.807) is 24.3 Å². The van der Waals surface area contributed by atoms with Crippen LogP contribution in [0.1, 0.15) is 11.3 Å². The monoisotopic (exact) mass is 605 g/mol. The maximum atomic E-state index is 13.4. The molecule has 0 aliphatic rings. The lowest BCUT2D eigenvalue weighted by molar-refractivity contribution is -0.756. The minimum absolute atomic E-state index is 0.103. The summed E-state index contributed by atoms with van der Waals surface area (Å²) in [6.45, 7) is 1.57. The molecule has 1 heterocycles. The van der Waals surface area contributed by atoms with Crippen molar-refractivity contribution in [3.63, 3.8) is 0 Å². The second kappa shape index (κ2) is 13.1. The van der Waals surface area contributed by atoms with E-state index in [-0.39, 0.29) is 35.2 Å². The molecule has 0 fully saturated rings. The molecule has 0 spiro atoms. The van der Waals surface area contributed by atoms with Crippen molar-refractivity contribution in [2.24, 2.45) is 4.40 Å². The predicted octanol–water partition coefficient (Wildman–Crippen LogP) is 3.88. The summed E-state index contributed by atoms with van der Waals surface area (Å²) in [4.78, 5) is 13.8. The number of aryl methyl sites for hydroxylation is 1. The molecule has 0 unspecified atom stereocenters. The first-order valence-electron chi connectivity index (χ1n) is 10.9. The Morgan fingerprint density at radius 3 is 2.28 bits per heavy atom. The van der Waals surface area contributed by atoms with E-state index in [9.17, 15) is 36.8 Å². The van der Waals surface area contributed by atoms with Crippen LogP contribution >= 0.6 is 21.6 Å². The summed E-state index contributed by atoms with van der Waals surface area (Å²) in [6, 6.07) is 12.3. The highest BCUT2D eigenvalue weighted by atomic mass is 33.1. The Balaban J connectivity index is 1.69. The van der Waals surface area contributed by atoms with Crippen LogP contribution in [0.25, 0.3) is 16.9 Å². The van der Waals surface area contributed by atoms with E-state index in [1.165, 1.54) is 33.7 Å². The topological polar surface area (TPSA) is 149 Å². The molecule has 0 saturated carbocycles. The van der Waals surface area contributed by atoms with Gasteiger partial charge in [-0.3, -0.25) is 0 Å². The lowest BCUT2D eigenvalue weighted by Gasteiger charge is -2.13. The molecule has 210 valence electrons. The summed E-state index contributed by atoms with van der Waals surface area (Å²) in [5, 5.41) is 24.6. The number of hydrogen-bond acceptors (Lipinski definition) is 10. The summed E-state index contributed by atoms with van der Waals surface area (Å²) in [6.07, 6.45) is -6.04. The van der Waals surface area contributed by atoms with Crippen LogP contribution in [0.15, 0.2) is 63.9 Å². The highest BCUT2D eigenvalue weighted by Gasteiger charge is 2.35. The van der Waals surface area contributed by atoms with Crippen LogP contribution in [0, 0.1) is 17.0 Å². The van der Waals surface area contributed by atoms with Crippen molar-refractivity contribution in [1.29, 1.82) is 0 Å². The summed E-state index contributed by atoms with van der Waals surface area (Å²) in [5.41, 5.74) is 0.567. The van der Waals surface area contributed by atoms with Gasteiger partial charge >= 0.3 is 6.18 Å². The van der Waals surface area contributed by atoms with Crippen molar-refractivity contribution in [3.8, 4) is 16.9 Å². The van der Waals surface area contributed by atoms with Crippen molar-refractivity contribution in [3.05, 3.63) is 76.0 Å². The first-order chi connectivity index (χ1) is 18.4. The molecule has 0 aliphatic heterocycles. The van der Waals surface area contributed by atoms with Gasteiger partial charge in [0.2, 0.25) is 0 Å². The normalized spacial score (nSPS) is 12.4. The zero-order chi connectivity index (χ0) is 28.6. The quantitative estimate of drug-likeness (QED) is 0.0744. The minimum Gasteiger partial charge on any atom is -0.599 e. The SMILES string of the molecule is Cc1ccc(-c2cc(C(F)(F)F)nn2-c2ccc(S(=O)(=O)/N=C(\[O-])OCCSSCCO[N+](=O)[O-])cc2)cc1. The number of benzene rings is 2. The van der Waals surface area contributed by atoms with Gasteiger partial charge in [0.05, 0.1) is 16.3 Å². The van der Waals surface area contributed by atoms with Gasteiger partial charge in [-0.2, -0.15) is 26.7 Å². The smallest absolute Gasteiger partial charge is 0.435 e. The molecule has 3 aromatic rings. The van der Waals surface area contributed by atoms with E-state index in [0.717, 1.165) is 28.4 Å². The van der Waals surface area contributed by atoms with Gasteiger partial charge in [0.25, 0.3) is 15.1 Å². The Kier molecular flexibility index (Phi) is 10.1. The third-order valence-electron chi connectivity index (χ3n) is 4.76. The van der Waals surface area contributed by atoms with Gasteiger partial charge in [-0.25, -0.2) is 4.68 Å². The third-order valence-corrected chi connectivity index (χ3v) is 8.35. The average Bonchev–Trinajstić information content (AvgIpc) is 3.32. The fourth-order valence-corrected chi connectivity index (χ4v) is 5.49. The van der Waals surface area contributed by atoms with Gasteiger partial charge in [0.15, 0.2) is 11.8 Å². The number of alkyl halides is 3. The third kappa shape index (κ3) is 8.79. The van der Waals surface area contributed by atoms with E-state index in [1.807, 2.05) is 6.92 Å². The molecule has 0 bridgehead atoms. The van der Waals surface area contributed by atoms with Gasteiger partial charge < -0.3 is 14.7 Å². The molecule has 0 saturated heterocycles. The Labute approximate surface area is 228 Å². The molecule has 1 aromatic heterocycles. The molecule has 11 nitrogen and oxygen atoms in total. The number of aromatic nitrogens is 2. The van der Waals surface area contributed by atoms with Crippen molar-refractivity contribution >= 4 is 37.7 Å². The lowest BCUT2D eigenvalue weighted by atomic mass is 10.1. The van der Waals surface area contributed by atoms with Gasteiger partial charge in [-0.15, -0.1) is 14.5 Å². The number of ether oxygens (including phenoxy) is 1. The molecule has 3 rings (SSSR count). The van der Waals surface area contributed by atoms with Gasteiger partial charge in [-0.05, 0) is 37.3 Å². The Bertz CT molecular complexity index is 1410. The minimum atomic E-state index is -4.70. The second-order valence-corrected chi connectivity index (χ2v) is 11.9. The maximum Gasteiger partial charge on any atom is 0.435 e. The molecule has 17 heteroatoms. The fraction of sp³-hybridized carbons (Fsp3) is 0.273. The van der Waals surface area contributed by atoms with Gasteiger partial charge in [0.1, 0.15) is 6.61 Å². The Morgan fingerprint density at radius 1 is 1.08 bits per heavy atom. The molecule has 39 heavy (non-hydrogen) atoms. The van der Waals surface area contributed by atoms with E-state index in [2.05, 4.69) is 14.3 Å². The highest BCUT2D eigenvalue weighted by molar-refractivity contribution is 8.76. The maximum absolute atomic E-state index is 13.4. The molecule has 0 N–H and O–H groups in total. The zero-order valence-electron chi connectivity index (χ0n) is 20.0. The molecule has 0 radical (unpaired) electrons. The van der Waals surface area contributed by atoms with E-state index in [0.29, 0.717) is 11.3 Å². The summed E-state index contributed by atoms with van der Waals surface area (Å²) < 4.78 is 74.0. The van der Waals surface area contributed by atoms with Gasteiger partial charge in [-0.1, -0.05) is 51.4 Å². The van der Waals surface area contributed by atoms with Crippen LogP contribution in [0.5, 0.6) is 0 Å². The Morgan fingerprint density at radius 2 is 1.69 bits per heavy atom. The lowest BCUT2D eigenvalue weighted by Crippen LogP contribution is -2.24. The van der Waals surface area contributed by atoms with Crippen molar-refractivity contribution in [2.45, 2.75) is 18.0 Å². The summed E-state index contributed by atoms with van der Waals surface area (Å²) in [7, 11) is -1.99. The van der Waals surface area contributed by atoms with Crippen molar-refractivity contribution < 1.29 is 41.4 Å². The van der Waals surface area contributed by atoms with Crippen LogP contribution < -0.4 is 5.11 Å². The molecule has 0 aliphatic carbocycles. The zero-order valence-corrected chi connectivity index (χ0v) is 22.5. The van der Waals surface area contributed by atoms with Gasteiger partial charge in [0, 0.05) is 23.7 Å². The molecular weight excluding hydrogens is 585 g/mol. The first kappa shape index (κ1) is 30.1. The van der Waals surface area contributed by atoms with Crippen LogP contribution in [-0.2, 0) is 25.8 Å². The highest BCUT2D eigenvalue weighted by Crippen LogP contribution is 2.33. The van der Waals surface area contributed by atoms with E-state index in [4.69, 9.17) is 4.74 Å².